The van der Waals surface area contributed by atoms with Crippen molar-refractivity contribution in [3.8, 4) is 11.5 Å². The lowest BCUT2D eigenvalue weighted by molar-refractivity contribution is -0.136. The normalized spacial score (nSPS) is 10.2. The zero-order valence-corrected chi connectivity index (χ0v) is 12.9. The monoisotopic (exact) mass is 324 g/mol. The SMILES string of the molecule is CCc1ccc(OCC(=O)Oc2ccc(Cl)cc2Cl)cc1. The molecule has 0 aliphatic carbocycles. The second-order valence-electron chi connectivity index (χ2n) is 4.33. The van der Waals surface area contributed by atoms with Gasteiger partial charge < -0.3 is 9.47 Å². The van der Waals surface area contributed by atoms with Crippen molar-refractivity contribution < 1.29 is 14.3 Å². The van der Waals surface area contributed by atoms with Crippen LogP contribution in [0.5, 0.6) is 11.5 Å². The van der Waals surface area contributed by atoms with Crippen LogP contribution in [-0.2, 0) is 11.2 Å². The summed E-state index contributed by atoms with van der Waals surface area (Å²) in [6.07, 6.45) is 0.956. The third kappa shape index (κ3) is 4.66. The van der Waals surface area contributed by atoms with E-state index in [4.69, 9.17) is 32.7 Å². The zero-order chi connectivity index (χ0) is 15.2. The molecule has 2 aromatic rings. The van der Waals surface area contributed by atoms with Crippen molar-refractivity contribution in [3.63, 3.8) is 0 Å². The first-order chi connectivity index (χ1) is 10.1. The van der Waals surface area contributed by atoms with Crippen LogP contribution in [0.4, 0.5) is 0 Å². The van der Waals surface area contributed by atoms with Crippen LogP contribution in [0.2, 0.25) is 10.0 Å². The minimum atomic E-state index is -0.529. The average Bonchev–Trinajstić information content (AvgIpc) is 2.48. The van der Waals surface area contributed by atoms with Crippen molar-refractivity contribution in [2.45, 2.75) is 13.3 Å². The first-order valence-corrected chi connectivity index (χ1v) is 7.21. The Morgan fingerprint density at radius 2 is 1.81 bits per heavy atom. The molecule has 0 fully saturated rings. The van der Waals surface area contributed by atoms with Gasteiger partial charge in [-0.25, -0.2) is 4.79 Å². The summed E-state index contributed by atoms with van der Waals surface area (Å²) >= 11 is 11.7. The highest BCUT2D eigenvalue weighted by atomic mass is 35.5. The predicted octanol–water partition coefficient (Wildman–Crippen LogP) is 4.54. The highest BCUT2D eigenvalue weighted by Crippen LogP contribution is 2.27. The Morgan fingerprint density at radius 3 is 2.43 bits per heavy atom. The molecule has 110 valence electrons. The number of rotatable bonds is 5. The molecule has 0 aliphatic heterocycles. The van der Waals surface area contributed by atoms with Gasteiger partial charge >= 0.3 is 5.97 Å². The van der Waals surface area contributed by atoms with Gasteiger partial charge in [-0.3, -0.25) is 0 Å². The standard InChI is InChI=1S/C16H14Cl2O3/c1-2-11-3-6-13(7-4-11)20-10-16(19)21-15-8-5-12(17)9-14(15)18/h3-9H,2,10H2,1H3. The van der Waals surface area contributed by atoms with Crippen LogP contribution in [0.1, 0.15) is 12.5 Å². The summed E-state index contributed by atoms with van der Waals surface area (Å²) in [5, 5.41) is 0.759. The Kier molecular flexibility index (Phi) is 5.48. The van der Waals surface area contributed by atoms with Gasteiger partial charge in [-0.1, -0.05) is 42.3 Å². The lowest BCUT2D eigenvalue weighted by Crippen LogP contribution is -2.17. The lowest BCUT2D eigenvalue weighted by atomic mass is 10.2. The number of carbonyl (C=O) groups is 1. The van der Waals surface area contributed by atoms with E-state index in [1.54, 1.807) is 12.1 Å². The van der Waals surface area contributed by atoms with Crippen LogP contribution >= 0.6 is 23.2 Å². The Hall–Kier alpha value is -1.71. The number of ether oxygens (including phenoxy) is 2. The molecule has 2 aromatic carbocycles. The van der Waals surface area contributed by atoms with E-state index in [9.17, 15) is 4.79 Å². The molecule has 0 unspecified atom stereocenters. The molecular formula is C16H14Cl2O3. The van der Waals surface area contributed by atoms with Gasteiger partial charge in [-0.2, -0.15) is 0 Å². The second-order valence-corrected chi connectivity index (χ2v) is 5.18. The summed E-state index contributed by atoms with van der Waals surface area (Å²) in [5.41, 5.74) is 1.21. The molecule has 0 aliphatic rings. The summed E-state index contributed by atoms with van der Waals surface area (Å²) in [4.78, 5) is 11.7. The Balaban J connectivity index is 1.89. The number of hydrogen-bond acceptors (Lipinski definition) is 3. The summed E-state index contributed by atoms with van der Waals surface area (Å²) in [6, 6.07) is 12.2. The van der Waals surface area contributed by atoms with E-state index in [2.05, 4.69) is 6.92 Å². The number of esters is 1. The van der Waals surface area contributed by atoms with Gasteiger partial charge in [-0.15, -0.1) is 0 Å². The third-order valence-electron chi connectivity index (χ3n) is 2.81. The molecule has 0 saturated heterocycles. The van der Waals surface area contributed by atoms with E-state index in [1.165, 1.54) is 11.6 Å². The fourth-order valence-electron chi connectivity index (χ4n) is 1.67. The first kappa shape index (κ1) is 15.7. The van der Waals surface area contributed by atoms with Crippen LogP contribution < -0.4 is 9.47 Å². The van der Waals surface area contributed by atoms with Crippen molar-refractivity contribution in [2.75, 3.05) is 6.61 Å². The van der Waals surface area contributed by atoms with Crippen LogP contribution in [-0.4, -0.2) is 12.6 Å². The van der Waals surface area contributed by atoms with Gasteiger partial charge in [0.2, 0.25) is 0 Å². The molecule has 0 radical (unpaired) electrons. The van der Waals surface area contributed by atoms with Crippen LogP contribution in [0.15, 0.2) is 42.5 Å². The van der Waals surface area contributed by atoms with E-state index >= 15 is 0 Å². The molecule has 0 aromatic heterocycles. The highest BCUT2D eigenvalue weighted by molar-refractivity contribution is 6.35. The highest BCUT2D eigenvalue weighted by Gasteiger charge is 2.09. The molecular weight excluding hydrogens is 311 g/mol. The number of carbonyl (C=O) groups excluding carboxylic acids is 1. The van der Waals surface area contributed by atoms with E-state index in [0.717, 1.165) is 6.42 Å². The molecule has 0 saturated carbocycles. The fourth-order valence-corrected chi connectivity index (χ4v) is 2.12. The largest absolute Gasteiger partial charge is 0.482 e. The van der Waals surface area contributed by atoms with E-state index in [-0.39, 0.29) is 17.4 Å². The summed E-state index contributed by atoms with van der Waals surface area (Å²) in [5.74, 6) is 0.348. The maximum atomic E-state index is 11.7. The van der Waals surface area contributed by atoms with Crippen molar-refractivity contribution in [1.29, 1.82) is 0 Å². The van der Waals surface area contributed by atoms with Gasteiger partial charge in [0.15, 0.2) is 6.61 Å². The van der Waals surface area contributed by atoms with Crippen LogP contribution in [0.3, 0.4) is 0 Å². The molecule has 2 rings (SSSR count). The summed E-state index contributed by atoms with van der Waals surface area (Å²) < 4.78 is 10.5. The molecule has 0 spiro atoms. The van der Waals surface area contributed by atoms with Gasteiger partial charge in [0.1, 0.15) is 11.5 Å². The maximum absolute atomic E-state index is 11.7. The topological polar surface area (TPSA) is 35.5 Å². The fraction of sp³-hybridized carbons (Fsp3) is 0.188. The molecule has 0 amide bonds. The molecule has 3 nitrogen and oxygen atoms in total. The molecule has 0 atom stereocenters. The quantitative estimate of drug-likeness (QED) is 0.598. The van der Waals surface area contributed by atoms with Crippen molar-refractivity contribution in [2.24, 2.45) is 0 Å². The van der Waals surface area contributed by atoms with Gasteiger partial charge in [0.25, 0.3) is 0 Å². The van der Waals surface area contributed by atoms with E-state index < -0.39 is 5.97 Å². The van der Waals surface area contributed by atoms with Gasteiger partial charge in [-0.05, 0) is 42.3 Å². The summed E-state index contributed by atoms with van der Waals surface area (Å²) in [7, 11) is 0. The number of benzene rings is 2. The van der Waals surface area contributed by atoms with Crippen LogP contribution in [0, 0.1) is 0 Å². The van der Waals surface area contributed by atoms with Crippen molar-refractivity contribution in [3.05, 3.63) is 58.1 Å². The Labute approximate surface area is 133 Å². The molecule has 0 bridgehead atoms. The predicted molar refractivity (Wildman–Crippen MR) is 83.4 cm³/mol. The molecule has 0 heterocycles. The third-order valence-corrected chi connectivity index (χ3v) is 3.34. The average molecular weight is 325 g/mol. The molecule has 5 heteroatoms. The minimum Gasteiger partial charge on any atom is -0.482 e. The van der Waals surface area contributed by atoms with Gasteiger partial charge in [0.05, 0.1) is 5.02 Å². The smallest absolute Gasteiger partial charge is 0.349 e. The first-order valence-electron chi connectivity index (χ1n) is 6.46. The number of halogens is 2. The molecule has 0 N–H and O–H groups in total. The van der Waals surface area contributed by atoms with Crippen molar-refractivity contribution in [1.82, 2.24) is 0 Å². The minimum absolute atomic E-state index is 0.190. The summed E-state index contributed by atoms with van der Waals surface area (Å²) in [6.45, 7) is 1.88. The number of aryl methyl sites for hydroxylation is 1. The van der Waals surface area contributed by atoms with E-state index in [1.807, 2.05) is 24.3 Å². The lowest BCUT2D eigenvalue weighted by Gasteiger charge is -2.08. The van der Waals surface area contributed by atoms with Crippen LogP contribution in [0.25, 0.3) is 0 Å². The number of hydrogen-bond donors (Lipinski definition) is 0. The molecule has 21 heavy (non-hydrogen) atoms. The van der Waals surface area contributed by atoms with Crippen molar-refractivity contribution >= 4 is 29.2 Å². The zero-order valence-electron chi connectivity index (χ0n) is 11.4. The van der Waals surface area contributed by atoms with Gasteiger partial charge in [0, 0.05) is 5.02 Å². The van der Waals surface area contributed by atoms with E-state index in [0.29, 0.717) is 10.8 Å². The Bertz CT molecular complexity index is 624. The second kappa shape index (κ2) is 7.34. The Morgan fingerprint density at radius 1 is 1.10 bits per heavy atom. The maximum Gasteiger partial charge on any atom is 0.349 e.